The van der Waals surface area contributed by atoms with Crippen LogP contribution in [0.2, 0.25) is 0 Å². The maximum atomic E-state index is 14.5. The van der Waals surface area contributed by atoms with E-state index in [1.165, 1.54) is 19.5 Å². The first kappa shape index (κ1) is 22.1. The maximum Gasteiger partial charge on any atom is 0.411 e. The third kappa shape index (κ3) is 4.72. The van der Waals surface area contributed by atoms with Crippen molar-refractivity contribution in [3.8, 4) is 17.0 Å². The van der Waals surface area contributed by atoms with Crippen LogP contribution in [0, 0.1) is 12.7 Å². The smallest absolute Gasteiger partial charge is 0.411 e. The Morgan fingerprint density at radius 3 is 2.61 bits per heavy atom. The minimum Gasteiger partial charge on any atom is -0.496 e. The van der Waals surface area contributed by atoms with Crippen LogP contribution in [0.25, 0.3) is 22.2 Å². The fourth-order valence-corrected chi connectivity index (χ4v) is 3.71. The Morgan fingerprint density at radius 2 is 1.88 bits per heavy atom. The fraction of sp³-hybridized carbons (Fsp3) is 0.208. The highest BCUT2D eigenvalue weighted by Crippen LogP contribution is 2.30. The van der Waals surface area contributed by atoms with E-state index in [4.69, 9.17) is 4.74 Å². The van der Waals surface area contributed by atoms with Crippen LogP contribution in [-0.2, 0) is 11.3 Å². The number of rotatable bonds is 7. The number of hydrogen-bond acceptors (Lipinski definition) is 6. The molecule has 0 saturated carbocycles. The zero-order valence-corrected chi connectivity index (χ0v) is 18.6. The first-order valence-corrected chi connectivity index (χ1v) is 10.3. The number of nitrogens with zero attached hydrogens (tertiary/aromatic N) is 3. The van der Waals surface area contributed by atoms with E-state index in [1.54, 1.807) is 25.3 Å². The number of halogens is 1. The van der Waals surface area contributed by atoms with Gasteiger partial charge in [0.05, 0.1) is 25.4 Å². The highest BCUT2D eigenvalue weighted by Gasteiger charge is 2.14. The number of nitrogens with one attached hydrogen (secondary N) is 2. The Kier molecular flexibility index (Phi) is 6.39. The number of aryl methyl sites for hydroxylation is 1. The number of hydrogen-bond donors (Lipinski definition) is 2. The predicted octanol–water partition coefficient (Wildman–Crippen LogP) is 4.84. The standard InChI is InChI=1S/C24H24FN5O3/c1-15-12-18-21(32-2)9-8-19(25)23(18)30(15)11-10-26-22-13-20(27-14-28-22)16-4-6-17(7-5-16)29-24(31)33-3/h4-9,12-14H,10-11H2,1-3H3,(H,29,31)(H,26,27,28). The van der Waals surface area contributed by atoms with E-state index >= 15 is 0 Å². The SMILES string of the molecule is COC(=O)Nc1ccc(-c2cc(NCCn3c(C)cc4c(OC)ccc(F)c43)ncn2)cc1. The molecule has 2 heterocycles. The lowest BCUT2D eigenvalue weighted by Crippen LogP contribution is -2.13. The molecule has 170 valence electrons. The lowest BCUT2D eigenvalue weighted by Gasteiger charge is -2.12. The quantitative estimate of drug-likeness (QED) is 0.419. The van der Waals surface area contributed by atoms with E-state index in [2.05, 4.69) is 25.3 Å². The Labute approximate surface area is 190 Å². The molecule has 33 heavy (non-hydrogen) atoms. The summed E-state index contributed by atoms with van der Waals surface area (Å²) in [6, 6.07) is 14.1. The summed E-state index contributed by atoms with van der Waals surface area (Å²) in [4.78, 5) is 19.9. The van der Waals surface area contributed by atoms with E-state index in [0.29, 0.717) is 35.9 Å². The van der Waals surface area contributed by atoms with Gasteiger partial charge in [-0.05, 0) is 37.3 Å². The first-order valence-electron chi connectivity index (χ1n) is 10.3. The summed E-state index contributed by atoms with van der Waals surface area (Å²) >= 11 is 0. The van der Waals surface area contributed by atoms with E-state index in [9.17, 15) is 9.18 Å². The van der Waals surface area contributed by atoms with E-state index in [0.717, 1.165) is 22.3 Å². The Morgan fingerprint density at radius 1 is 1.09 bits per heavy atom. The van der Waals surface area contributed by atoms with E-state index in [1.807, 2.05) is 35.8 Å². The molecule has 4 rings (SSSR count). The minimum atomic E-state index is -0.527. The predicted molar refractivity (Wildman–Crippen MR) is 125 cm³/mol. The van der Waals surface area contributed by atoms with Crippen LogP contribution < -0.4 is 15.4 Å². The molecule has 9 heteroatoms. The van der Waals surface area contributed by atoms with Crippen molar-refractivity contribution in [3.05, 3.63) is 66.4 Å². The molecule has 0 bridgehead atoms. The number of anilines is 2. The van der Waals surface area contributed by atoms with Crippen molar-refractivity contribution < 1.29 is 18.7 Å². The maximum absolute atomic E-state index is 14.5. The topological polar surface area (TPSA) is 90.3 Å². The number of carbonyl (C=O) groups excluding carboxylic acids is 1. The normalized spacial score (nSPS) is 10.8. The van der Waals surface area contributed by atoms with Gasteiger partial charge in [0.1, 0.15) is 23.7 Å². The van der Waals surface area contributed by atoms with Crippen molar-refractivity contribution in [2.75, 3.05) is 31.4 Å². The summed E-state index contributed by atoms with van der Waals surface area (Å²) in [6.07, 6.45) is 0.958. The number of ether oxygens (including phenoxy) is 2. The van der Waals surface area contributed by atoms with Gasteiger partial charge in [0.15, 0.2) is 0 Å². The molecule has 1 amide bonds. The van der Waals surface area contributed by atoms with Crippen LogP contribution in [0.3, 0.4) is 0 Å². The largest absolute Gasteiger partial charge is 0.496 e. The third-order valence-corrected chi connectivity index (χ3v) is 5.32. The molecule has 0 spiro atoms. The molecule has 0 fully saturated rings. The van der Waals surface area contributed by atoms with Crippen LogP contribution in [0.4, 0.5) is 20.7 Å². The number of methoxy groups -OCH3 is 2. The Bertz CT molecular complexity index is 1290. The zero-order valence-electron chi connectivity index (χ0n) is 18.6. The molecule has 0 aliphatic rings. The Hall–Kier alpha value is -4.14. The van der Waals surface area contributed by atoms with Crippen molar-refractivity contribution >= 4 is 28.5 Å². The average Bonchev–Trinajstić information content (AvgIpc) is 3.17. The van der Waals surface area contributed by atoms with Crippen LogP contribution in [-0.4, -0.2) is 41.4 Å². The molecule has 4 aromatic rings. The summed E-state index contributed by atoms with van der Waals surface area (Å²) in [7, 11) is 2.89. The van der Waals surface area contributed by atoms with Crippen molar-refractivity contribution in [2.24, 2.45) is 0 Å². The summed E-state index contributed by atoms with van der Waals surface area (Å²) in [6.45, 7) is 3.03. The van der Waals surface area contributed by atoms with Crippen molar-refractivity contribution in [3.63, 3.8) is 0 Å². The van der Waals surface area contributed by atoms with Gasteiger partial charge in [0.25, 0.3) is 0 Å². The second-order valence-corrected chi connectivity index (χ2v) is 7.36. The van der Waals surface area contributed by atoms with Gasteiger partial charge in [-0.25, -0.2) is 19.2 Å². The molecule has 0 unspecified atom stereocenters. The van der Waals surface area contributed by atoms with Crippen LogP contribution in [0.1, 0.15) is 5.69 Å². The van der Waals surface area contributed by atoms with Crippen molar-refractivity contribution in [2.45, 2.75) is 13.5 Å². The molecular weight excluding hydrogens is 425 g/mol. The van der Waals surface area contributed by atoms with Gasteiger partial charge >= 0.3 is 6.09 Å². The fourth-order valence-electron chi connectivity index (χ4n) is 3.71. The lowest BCUT2D eigenvalue weighted by atomic mass is 10.1. The molecule has 0 saturated heterocycles. The second kappa shape index (κ2) is 9.56. The van der Waals surface area contributed by atoms with Gasteiger partial charge in [-0.2, -0.15) is 0 Å². The van der Waals surface area contributed by atoms with Gasteiger partial charge < -0.3 is 19.4 Å². The third-order valence-electron chi connectivity index (χ3n) is 5.32. The van der Waals surface area contributed by atoms with Crippen molar-refractivity contribution in [1.82, 2.24) is 14.5 Å². The number of carbonyl (C=O) groups is 1. The number of aromatic nitrogens is 3. The number of fused-ring (bicyclic) bond motifs is 1. The summed E-state index contributed by atoms with van der Waals surface area (Å²) < 4.78 is 26.4. The van der Waals surface area contributed by atoms with Crippen LogP contribution >= 0.6 is 0 Å². The number of amides is 1. The van der Waals surface area contributed by atoms with Gasteiger partial charge in [0.2, 0.25) is 0 Å². The number of benzene rings is 2. The van der Waals surface area contributed by atoms with Crippen molar-refractivity contribution in [1.29, 1.82) is 0 Å². The van der Waals surface area contributed by atoms with Gasteiger partial charge in [-0.3, -0.25) is 5.32 Å². The summed E-state index contributed by atoms with van der Waals surface area (Å²) in [5, 5.41) is 6.64. The minimum absolute atomic E-state index is 0.284. The molecule has 0 aliphatic heterocycles. The molecule has 2 N–H and O–H groups in total. The average molecular weight is 449 g/mol. The van der Waals surface area contributed by atoms with Gasteiger partial charge in [0, 0.05) is 41.5 Å². The monoisotopic (exact) mass is 449 g/mol. The molecule has 0 atom stereocenters. The van der Waals surface area contributed by atoms with E-state index < -0.39 is 6.09 Å². The highest BCUT2D eigenvalue weighted by atomic mass is 19.1. The molecule has 8 nitrogen and oxygen atoms in total. The van der Waals surface area contributed by atoms with Gasteiger partial charge in [-0.15, -0.1) is 0 Å². The molecule has 2 aromatic heterocycles. The Balaban J connectivity index is 1.46. The van der Waals surface area contributed by atoms with E-state index in [-0.39, 0.29) is 5.82 Å². The lowest BCUT2D eigenvalue weighted by molar-refractivity contribution is 0.187. The molecule has 0 radical (unpaired) electrons. The summed E-state index contributed by atoms with van der Waals surface area (Å²) in [5.74, 6) is 1.02. The molecule has 2 aromatic carbocycles. The molecule has 0 aliphatic carbocycles. The van der Waals surface area contributed by atoms with Crippen LogP contribution in [0.15, 0.2) is 54.9 Å². The van der Waals surface area contributed by atoms with Gasteiger partial charge in [-0.1, -0.05) is 12.1 Å². The zero-order chi connectivity index (χ0) is 23.4. The molecular formula is C24H24FN5O3. The first-order chi connectivity index (χ1) is 16.0. The highest BCUT2D eigenvalue weighted by molar-refractivity contribution is 5.88. The summed E-state index contributed by atoms with van der Waals surface area (Å²) in [5.41, 5.74) is 3.70. The van der Waals surface area contributed by atoms with Crippen LogP contribution in [0.5, 0.6) is 5.75 Å². The second-order valence-electron chi connectivity index (χ2n) is 7.36.